The van der Waals surface area contributed by atoms with Crippen molar-refractivity contribution in [1.82, 2.24) is 15.2 Å². The molecule has 0 aliphatic carbocycles. The van der Waals surface area contributed by atoms with Crippen LogP contribution in [0.4, 0.5) is 0 Å². The Bertz CT molecular complexity index is 356. The highest BCUT2D eigenvalue weighted by atomic mass is 35.5. The highest BCUT2D eigenvalue weighted by Crippen LogP contribution is 2.17. The van der Waals surface area contributed by atoms with E-state index in [0.29, 0.717) is 18.9 Å². The molecule has 1 aliphatic rings. The molecule has 2 heterocycles. The number of rotatable bonds is 4. The van der Waals surface area contributed by atoms with E-state index >= 15 is 0 Å². The summed E-state index contributed by atoms with van der Waals surface area (Å²) in [6, 6.07) is 0. The zero-order chi connectivity index (χ0) is 12.1. The van der Waals surface area contributed by atoms with E-state index < -0.39 is 0 Å². The van der Waals surface area contributed by atoms with Gasteiger partial charge in [0.1, 0.15) is 0 Å². The number of carbonyl (C=O) groups is 1. The molecular formula is C12H21Cl2N3OS. The average Bonchev–Trinajstić information content (AvgIpc) is 2.83. The van der Waals surface area contributed by atoms with Gasteiger partial charge in [-0.1, -0.05) is 0 Å². The summed E-state index contributed by atoms with van der Waals surface area (Å²) in [7, 11) is 1.86. The molecule has 4 nitrogen and oxygen atoms in total. The number of hydrogen-bond acceptors (Lipinski definition) is 4. The minimum absolute atomic E-state index is 0. The van der Waals surface area contributed by atoms with Crippen molar-refractivity contribution in [3.8, 4) is 0 Å². The highest BCUT2D eigenvalue weighted by molar-refractivity contribution is 7.07. The Morgan fingerprint density at radius 1 is 1.47 bits per heavy atom. The van der Waals surface area contributed by atoms with Gasteiger partial charge in [-0.25, -0.2) is 4.98 Å². The predicted molar refractivity (Wildman–Crippen MR) is 83.3 cm³/mol. The normalized spacial score (nSPS) is 15.2. The molecule has 1 amide bonds. The summed E-state index contributed by atoms with van der Waals surface area (Å²) in [5.74, 6) is 0.798. The lowest BCUT2D eigenvalue weighted by atomic mass is 9.94. The molecule has 1 aromatic rings. The average molecular weight is 326 g/mol. The van der Waals surface area contributed by atoms with E-state index in [4.69, 9.17) is 0 Å². The fourth-order valence-corrected chi connectivity index (χ4v) is 2.68. The molecule has 1 aromatic heterocycles. The Kier molecular flexibility index (Phi) is 9.35. The Hall–Kier alpha value is -0.360. The number of nitrogens with zero attached hydrogens (tertiary/aromatic N) is 2. The predicted octanol–water partition coefficient (Wildman–Crippen LogP) is 2.33. The molecule has 110 valence electrons. The fourth-order valence-electron chi connectivity index (χ4n) is 2.14. The molecule has 1 aliphatic heterocycles. The van der Waals surface area contributed by atoms with Crippen LogP contribution < -0.4 is 5.32 Å². The Balaban J connectivity index is 0.00000162. The van der Waals surface area contributed by atoms with Crippen LogP contribution in [0.15, 0.2) is 10.9 Å². The van der Waals surface area contributed by atoms with Gasteiger partial charge < -0.3 is 10.2 Å². The smallest absolute Gasteiger partial charge is 0.222 e. The number of halogens is 2. The van der Waals surface area contributed by atoms with Gasteiger partial charge in [0.25, 0.3) is 0 Å². The lowest BCUT2D eigenvalue weighted by Crippen LogP contribution is -2.33. The van der Waals surface area contributed by atoms with Crippen LogP contribution >= 0.6 is 36.2 Å². The van der Waals surface area contributed by atoms with Crippen molar-refractivity contribution in [2.45, 2.75) is 25.8 Å². The topological polar surface area (TPSA) is 45.2 Å². The lowest BCUT2D eigenvalue weighted by molar-refractivity contribution is -0.131. The number of amides is 1. The third kappa shape index (κ3) is 6.08. The van der Waals surface area contributed by atoms with Crippen molar-refractivity contribution >= 4 is 42.1 Å². The first-order valence-corrected chi connectivity index (χ1v) is 7.01. The standard InChI is InChI=1S/C12H19N3OS.2ClH/c1-15(7-11-8-17-9-14-11)12(16)6-10-2-4-13-5-3-10;;/h8-10,13H,2-7H2,1H3;2*1H. The van der Waals surface area contributed by atoms with Gasteiger partial charge in [-0.3, -0.25) is 4.79 Å². The first kappa shape index (κ1) is 18.6. The number of hydrogen-bond donors (Lipinski definition) is 1. The van der Waals surface area contributed by atoms with Gasteiger partial charge in [-0.2, -0.15) is 0 Å². The monoisotopic (exact) mass is 325 g/mol. The van der Waals surface area contributed by atoms with Crippen LogP contribution in [0.25, 0.3) is 0 Å². The minimum atomic E-state index is 0. The zero-order valence-corrected chi connectivity index (χ0v) is 13.5. The SMILES string of the molecule is CN(Cc1cscn1)C(=O)CC1CCNCC1.Cl.Cl. The number of nitrogens with one attached hydrogen (secondary N) is 1. The van der Waals surface area contributed by atoms with Crippen LogP contribution in [0.1, 0.15) is 25.0 Å². The van der Waals surface area contributed by atoms with Crippen molar-refractivity contribution in [3.63, 3.8) is 0 Å². The molecule has 0 spiro atoms. The second-order valence-corrected chi connectivity index (χ2v) is 5.35. The highest BCUT2D eigenvalue weighted by Gasteiger charge is 2.19. The van der Waals surface area contributed by atoms with Crippen molar-refractivity contribution in [2.75, 3.05) is 20.1 Å². The zero-order valence-electron chi connectivity index (χ0n) is 11.0. The van der Waals surface area contributed by atoms with Gasteiger partial charge in [-0.15, -0.1) is 36.2 Å². The largest absolute Gasteiger partial charge is 0.340 e. The van der Waals surface area contributed by atoms with E-state index in [1.165, 1.54) is 0 Å². The van der Waals surface area contributed by atoms with E-state index in [-0.39, 0.29) is 30.7 Å². The second kappa shape index (κ2) is 9.53. The Labute approximate surface area is 130 Å². The molecule has 7 heteroatoms. The van der Waals surface area contributed by atoms with Crippen molar-refractivity contribution < 1.29 is 4.79 Å². The molecule has 0 atom stereocenters. The van der Waals surface area contributed by atoms with Crippen LogP contribution in [0.5, 0.6) is 0 Å². The van der Waals surface area contributed by atoms with E-state index in [1.807, 2.05) is 12.4 Å². The van der Waals surface area contributed by atoms with Gasteiger partial charge in [0, 0.05) is 18.8 Å². The first-order valence-electron chi connectivity index (χ1n) is 6.07. The molecule has 0 bridgehead atoms. The van der Waals surface area contributed by atoms with Crippen LogP contribution in [0.2, 0.25) is 0 Å². The number of carbonyl (C=O) groups excluding carboxylic acids is 1. The van der Waals surface area contributed by atoms with E-state index in [1.54, 1.807) is 21.7 Å². The third-order valence-corrected chi connectivity index (χ3v) is 3.87. The van der Waals surface area contributed by atoms with Crippen molar-refractivity contribution in [1.29, 1.82) is 0 Å². The van der Waals surface area contributed by atoms with Crippen molar-refractivity contribution in [3.05, 3.63) is 16.6 Å². The second-order valence-electron chi connectivity index (χ2n) is 4.63. The molecule has 0 unspecified atom stereocenters. The number of aromatic nitrogens is 1. The summed E-state index contributed by atoms with van der Waals surface area (Å²) in [4.78, 5) is 18.0. The quantitative estimate of drug-likeness (QED) is 0.924. The summed E-state index contributed by atoms with van der Waals surface area (Å²) < 4.78 is 0. The van der Waals surface area contributed by atoms with Crippen LogP contribution in [-0.2, 0) is 11.3 Å². The molecule has 0 aromatic carbocycles. The Morgan fingerprint density at radius 2 is 2.16 bits per heavy atom. The minimum Gasteiger partial charge on any atom is -0.340 e. The maximum Gasteiger partial charge on any atom is 0.222 e. The molecular weight excluding hydrogens is 305 g/mol. The van der Waals surface area contributed by atoms with E-state index in [0.717, 1.165) is 31.6 Å². The van der Waals surface area contributed by atoms with Crippen LogP contribution in [0.3, 0.4) is 0 Å². The van der Waals surface area contributed by atoms with E-state index in [2.05, 4.69) is 10.3 Å². The summed E-state index contributed by atoms with van der Waals surface area (Å²) in [5, 5.41) is 5.31. The molecule has 0 radical (unpaired) electrons. The molecule has 2 rings (SSSR count). The molecule has 1 fully saturated rings. The maximum atomic E-state index is 12.0. The molecule has 0 saturated carbocycles. The summed E-state index contributed by atoms with van der Waals surface area (Å²) in [6.07, 6.45) is 2.93. The van der Waals surface area contributed by atoms with Gasteiger partial charge in [-0.05, 0) is 31.8 Å². The molecule has 1 saturated heterocycles. The number of thiazole rings is 1. The Morgan fingerprint density at radius 3 is 2.74 bits per heavy atom. The van der Waals surface area contributed by atoms with Gasteiger partial charge >= 0.3 is 0 Å². The van der Waals surface area contributed by atoms with Gasteiger partial charge in [0.05, 0.1) is 17.7 Å². The summed E-state index contributed by atoms with van der Waals surface area (Å²) in [6.45, 7) is 2.73. The fraction of sp³-hybridized carbons (Fsp3) is 0.667. The maximum absolute atomic E-state index is 12.0. The van der Waals surface area contributed by atoms with E-state index in [9.17, 15) is 4.79 Å². The molecule has 19 heavy (non-hydrogen) atoms. The number of piperidine rings is 1. The first-order chi connectivity index (χ1) is 8.25. The van der Waals surface area contributed by atoms with Crippen molar-refractivity contribution in [2.24, 2.45) is 5.92 Å². The lowest BCUT2D eigenvalue weighted by Gasteiger charge is -2.24. The third-order valence-electron chi connectivity index (χ3n) is 3.23. The summed E-state index contributed by atoms with van der Waals surface area (Å²) in [5.41, 5.74) is 2.79. The van der Waals surface area contributed by atoms with Crippen LogP contribution in [0, 0.1) is 5.92 Å². The summed E-state index contributed by atoms with van der Waals surface area (Å²) >= 11 is 1.57. The van der Waals surface area contributed by atoms with Crippen LogP contribution in [-0.4, -0.2) is 35.9 Å². The van der Waals surface area contributed by atoms with Gasteiger partial charge in [0.15, 0.2) is 0 Å². The molecule has 1 N–H and O–H groups in total. The van der Waals surface area contributed by atoms with Gasteiger partial charge in [0.2, 0.25) is 5.91 Å².